The molecule has 3 nitrogen and oxygen atoms in total. The molecule has 0 amide bonds. The van der Waals surface area contributed by atoms with Crippen LogP contribution in [0.5, 0.6) is 0 Å². The van der Waals surface area contributed by atoms with E-state index >= 15 is 0 Å². The lowest BCUT2D eigenvalue weighted by molar-refractivity contribution is 0.199. The van der Waals surface area contributed by atoms with Crippen LogP contribution in [0.15, 0.2) is 24.4 Å². The van der Waals surface area contributed by atoms with Gasteiger partial charge in [-0.1, -0.05) is 23.2 Å². The van der Waals surface area contributed by atoms with E-state index < -0.39 is 0 Å². The number of nitrogens with zero attached hydrogens (tertiary/aromatic N) is 1. The fraction of sp³-hybridized carbons (Fsp3) is 0.467. The Morgan fingerprint density at radius 2 is 2.05 bits per heavy atom. The molecule has 110 valence electrons. The summed E-state index contributed by atoms with van der Waals surface area (Å²) in [5.74, 6) is 0. The maximum atomic E-state index is 6.19. The molecule has 1 heterocycles. The number of methoxy groups -OCH3 is 1. The number of rotatable bonds is 8. The Balaban J connectivity index is 1.84. The summed E-state index contributed by atoms with van der Waals surface area (Å²) in [7, 11) is 1.72. The second kappa shape index (κ2) is 7.89. The molecule has 1 N–H and O–H groups in total. The summed E-state index contributed by atoms with van der Waals surface area (Å²) in [6.45, 7) is 3.67. The average Bonchev–Trinajstić information content (AvgIpc) is 2.81. The molecule has 0 saturated heterocycles. The van der Waals surface area contributed by atoms with Crippen molar-refractivity contribution in [3.05, 3.63) is 34.4 Å². The molecule has 5 heteroatoms. The fourth-order valence-electron chi connectivity index (χ4n) is 2.24. The highest BCUT2D eigenvalue weighted by molar-refractivity contribution is 6.38. The predicted molar refractivity (Wildman–Crippen MR) is 85.9 cm³/mol. The van der Waals surface area contributed by atoms with Crippen LogP contribution in [0.2, 0.25) is 10.0 Å². The normalized spacial score (nSPS) is 11.3. The molecule has 0 aliphatic heterocycles. The minimum atomic E-state index is 0.684. The van der Waals surface area contributed by atoms with Crippen LogP contribution in [-0.4, -0.2) is 31.4 Å². The topological polar surface area (TPSA) is 26.2 Å². The Kier molecular flexibility index (Phi) is 6.17. The first-order chi connectivity index (χ1) is 9.72. The molecule has 2 aromatic rings. The summed E-state index contributed by atoms with van der Waals surface area (Å²) in [4.78, 5) is 0. The number of unbranched alkanes of at least 4 members (excludes halogenated alkanes) is 1. The first-order valence-corrected chi connectivity index (χ1v) is 7.61. The third-order valence-corrected chi connectivity index (χ3v) is 3.82. The van der Waals surface area contributed by atoms with Gasteiger partial charge in [0.2, 0.25) is 0 Å². The number of benzene rings is 1. The largest absolute Gasteiger partial charge is 0.383 e. The maximum Gasteiger partial charge on any atom is 0.0587 e. The van der Waals surface area contributed by atoms with Crippen LogP contribution >= 0.6 is 23.2 Å². The van der Waals surface area contributed by atoms with Gasteiger partial charge in [0.1, 0.15) is 0 Å². The van der Waals surface area contributed by atoms with Gasteiger partial charge in [0, 0.05) is 36.8 Å². The highest BCUT2D eigenvalue weighted by Gasteiger charge is 2.06. The molecule has 1 aromatic heterocycles. The Morgan fingerprint density at radius 1 is 1.20 bits per heavy atom. The molecule has 0 radical (unpaired) electrons. The maximum absolute atomic E-state index is 6.19. The Bertz CT molecular complexity index is 554. The van der Waals surface area contributed by atoms with Crippen LogP contribution in [0, 0.1) is 0 Å². The molecule has 2 rings (SSSR count). The second-order valence-electron chi connectivity index (χ2n) is 4.78. The fourth-order valence-corrected chi connectivity index (χ4v) is 2.79. The summed E-state index contributed by atoms with van der Waals surface area (Å²) in [6, 6.07) is 5.81. The Labute approximate surface area is 129 Å². The number of aryl methyl sites for hydroxylation is 1. The lowest BCUT2D eigenvalue weighted by Crippen LogP contribution is -2.20. The first kappa shape index (κ1) is 15.6. The smallest absolute Gasteiger partial charge is 0.0587 e. The number of fused-ring (bicyclic) bond motifs is 1. The van der Waals surface area contributed by atoms with Gasteiger partial charge in [0.15, 0.2) is 0 Å². The SMILES string of the molecule is COCCNCCCCn1ccc2c(Cl)cc(Cl)cc21. The van der Waals surface area contributed by atoms with Crippen molar-refractivity contribution < 1.29 is 4.74 Å². The second-order valence-corrected chi connectivity index (χ2v) is 5.62. The van der Waals surface area contributed by atoms with Gasteiger partial charge in [0.25, 0.3) is 0 Å². The van der Waals surface area contributed by atoms with Crippen LogP contribution in [0.1, 0.15) is 12.8 Å². The van der Waals surface area contributed by atoms with Crippen molar-refractivity contribution in [2.45, 2.75) is 19.4 Å². The Hall–Kier alpha value is -0.740. The Morgan fingerprint density at radius 3 is 2.85 bits per heavy atom. The third-order valence-electron chi connectivity index (χ3n) is 3.29. The van der Waals surface area contributed by atoms with Crippen LogP contribution < -0.4 is 5.32 Å². The minimum Gasteiger partial charge on any atom is -0.383 e. The van der Waals surface area contributed by atoms with Crippen molar-refractivity contribution in [3.63, 3.8) is 0 Å². The summed E-state index contributed by atoms with van der Waals surface area (Å²) < 4.78 is 7.20. The predicted octanol–water partition coefficient (Wildman–Crippen LogP) is 3.96. The molecule has 0 bridgehead atoms. The number of ether oxygens (including phenoxy) is 1. The number of nitrogens with one attached hydrogen (secondary N) is 1. The van der Waals surface area contributed by atoms with Gasteiger partial charge in [-0.05, 0) is 37.6 Å². The lowest BCUT2D eigenvalue weighted by atomic mass is 10.2. The number of hydrogen-bond donors (Lipinski definition) is 1. The van der Waals surface area contributed by atoms with Gasteiger partial charge < -0.3 is 14.6 Å². The van der Waals surface area contributed by atoms with Gasteiger partial charge in [-0.2, -0.15) is 0 Å². The third kappa shape index (κ3) is 4.13. The summed E-state index contributed by atoms with van der Waals surface area (Å²) in [5, 5.41) is 5.81. The van der Waals surface area contributed by atoms with E-state index in [1.165, 1.54) is 0 Å². The molecule has 0 unspecified atom stereocenters. The number of hydrogen-bond acceptors (Lipinski definition) is 2. The highest BCUT2D eigenvalue weighted by Crippen LogP contribution is 2.28. The quantitative estimate of drug-likeness (QED) is 0.746. The molecule has 20 heavy (non-hydrogen) atoms. The zero-order chi connectivity index (χ0) is 14.4. The van der Waals surface area contributed by atoms with E-state index in [1.807, 2.05) is 12.1 Å². The van der Waals surface area contributed by atoms with E-state index in [-0.39, 0.29) is 0 Å². The molecule has 0 aliphatic rings. The van der Waals surface area contributed by atoms with Gasteiger partial charge in [0.05, 0.1) is 17.1 Å². The van der Waals surface area contributed by atoms with Crippen molar-refractivity contribution in [3.8, 4) is 0 Å². The zero-order valence-corrected chi connectivity index (χ0v) is 13.2. The number of aromatic nitrogens is 1. The summed E-state index contributed by atoms with van der Waals surface area (Å²) in [6.07, 6.45) is 4.33. The first-order valence-electron chi connectivity index (χ1n) is 6.86. The van der Waals surface area contributed by atoms with Gasteiger partial charge >= 0.3 is 0 Å². The summed E-state index contributed by atoms with van der Waals surface area (Å²) >= 11 is 12.3. The van der Waals surface area contributed by atoms with E-state index in [1.54, 1.807) is 13.2 Å². The van der Waals surface area contributed by atoms with Crippen molar-refractivity contribution >= 4 is 34.1 Å². The molecular weight excluding hydrogens is 295 g/mol. The molecule has 0 saturated carbocycles. The van der Waals surface area contributed by atoms with Crippen molar-refractivity contribution in [1.82, 2.24) is 9.88 Å². The molecule has 0 atom stereocenters. The van der Waals surface area contributed by atoms with Crippen LogP contribution in [0.3, 0.4) is 0 Å². The van der Waals surface area contributed by atoms with E-state index in [0.29, 0.717) is 10.0 Å². The van der Waals surface area contributed by atoms with Crippen molar-refractivity contribution in [2.75, 3.05) is 26.8 Å². The van der Waals surface area contributed by atoms with Gasteiger partial charge in [-0.3, -0.25) is 0 Å². The molecular formula is C15H20Cl2N2O. The standard InChI is InChI=1S/C15H20Cl2N2O/c1-20-9-6-18-5-2-3-7-19-8-4-13-14(17)10-12(16)11-15(13)19/h4,8,10-11,18H,2-3,5-7,9H2,1H3. The van der Waals surface area contributed by atoms with Gasteiger partial charge in [-0.15, -0.1) is 0 Å². The van der Waals surface area contributed by atoms with E-state index in [4.69, 9.17) is 27.9 Å². The zero-order valence-electron chi connectivity index (χ0n) is 11.7. The molecule has 0 fully saturated rings. The average molecular weight is 315 g/mol. The molecule has 0 spiro atoms. The van der Waals surface area contributed by atoms with Crippen LogP contribution in [-0.2, 0) is 11.3 Å². The van der Waals surface area contributed by atoms with Gasteiger partial charge in [-0.25, -0.2) is 0 Å². The van der Waals surface area contributed by atoms with E-state index in [0.717, 1.165) is 50.0 Å². The van der Waals surface area contributed by atoms with E-state index in [2.05, 4.69) is 16.1 Å². The minimum absolute atomic E-state index is 0.684. The number of halogens is 2. The van der Waals surface area contributed by atoms with Crippen molar-refractivity contribution in [2.24, 2.45) is 0 Å². The molecule has 1 aromatic carbocycles. The summed E-state index contributed by atoms with van der Waals surface area (Å²) in [5.41, 5.74) is 1.11. The van der Waals surface area contributed by atoms with Crippen molar-refractivity contribution in [1.29, 1.82) is 0 Å². The van der Waals surface area contributed by atoms with E-state index in [9.17, 15) is 0 Å². The lowest BCUT2D eigenvalue weighted by Gasteiger charge is -2.07. The highest BCUT2D eigenvalue weighted by atomic mass is 35.5. The van der Waals surface area contributed by atoms with Crippen LogP contribution in [0.4, 0.5) is 0 Å². The van der Waals surface area contributed by atoms with Crippen LogP contribution in [0.25, 0.3) is 10.9 Å². The molecule has 0 aliphatic carbocycles. The monoisotopic (exact) mass is 314 g/mol.